The molecule has 1 atom stereocenters. The van der Waals surface area contributed by atoms with Crippen LogP contribution in [0.2, 0.25) is 5.02 Å². The number of nitrogens with one attached hydrogen (secondary N) is 2. The summed E-state index contributed by atoms with van der Waals surface area (Å²) in [7, 11) is 1.66. The van der Waals surface area contributed by atoms with Gasteiger partial charge >= 0.3 is 5.69 Å². The van der Waals surface area contributed by atoms with Crippen molar-refractivity contribution in [2.24, 2.45) is 5.41 Å². The van der Waals surface area contributed by atoms with Crippen molar-refractivity contribution in [2.45, 2.75) is 18.9 Å². The minimum Gasteiger partial charge on any atom is -0.380 e. The number of amides is 2. The predicted molar refractivity (Wildman–Crippen MR) is 107 cm³/mol. The van der Waals surface area contributed by atoms with Gasteiger partial charge in [0.25, 0.3) is 5.91 Å². The standard InChI is InChI=1S/C20H23ClN4O4/c1-29-15-6-7-24(10-15)18(27)20(8-13-2-4-14(21)5-3-13)11-25(12-20)17(26)16-9-22-19(28)23-16/h2-5,9,15H,6-8,10-12H2,1H3,(H2,22,23,28). The maximum Gasteiger partial charge on any atom is 0.323 e. The van der Waals surface area contributed by atoms with Crippen molar-refractivity contribution in [2.75, 3.05) is 33.3 Å². The predicted octanol–water partition coefficient (Wildman–Crippen LogP) is 1.29. The molecular formula is C20H23ClN4O4. The van der Waals surface area contributed by atoms with E-state index in [-0.39, 0.29) is 23.6 Å². The van der Waals surface area contributed by atoms with Gasteiger partial charge < -0.3 is 24.5 Å². The van der Waals surface area contributed by atoms with E-state index >= 15 is 0 Å². The molecule has 0 aliphatic carbocycles. The topological polar surface area (TPSA) is 98.5 Å². The summed E-state index contributed by atoms with van der Waals surface area (Å²) >= 11 is 5.99. The third kappa shape index (κ3) is 3.82. The second kappa shape index (κ2) is 7.68. The molecule has 2 N–H and O–H groups in total. The summed E-state index contributed by atoms with van der Waals surface area (Å²) in [5.41, 5.74) is 0.0681. The second-order valence-corrected chi connectivity index (χ2v) is 8.24. The van der Waals surface area contributed by atoms with Crippen LogP contribution >= 0.6 is 11.6 Å². The zero-order valence-corrected chi connectivity index (χ0v) is 16.9. The van der Waals surface area contributed by atoms with Crippen LogP contribution in [0.5, 0.6) is 0 Å². The fourth-order valence-electron chi connectivity index (χ4n) is 4.20. The maximum atomic E-state index is 13.4. The van der Waals surface area contributed by atoms with Gasteiger partial charge in [0.1, 0.15) is 5.69 Å². The SMILES string of the molecule is COC1CCN(C(=O)C2(Cc3ccc(Cl)cc3)CN(C(=O)c3c[nH]c(=O)[nH]3)C2)C1. The van der Waals surface area contributed by atoms with Gasteiger partial charge in [-0.2, -0.15) is 0 Å². The van der Waals surface area contributed by atoms with E-state index in [0.717, 1.165) is 12.0 Å². The summed E-state index contributed by atoms with van der Waals surface area (Å²) in [6, 6.07) is 7.43. The summed E-state index contributed by atoms with van der Waals surface area (Å²) in [6.07, 6.45) is 2.74. The number of carbonyl (C=O) groups excluding carboxylic acids is 2. The van der Waals surface area contributed by atoms with Crippen molar-refractivity contribution in [3.8, 4) is 0 Å². The quantitative estimate of drug-likeness (QED) is 0.764. The molecule has 1 aromatic heterocycles. The lowest BCUT2D eigenvalue weighted by Gasteiger charge is -2.50. The van der Waals surface area contributed by atoms with Gasteiger partial charge in [0, 0.05) is 44.5 Å². The van der Waals surface area contributed by atoms with Gasteiger partial charge in [-0.3, -0.25) is 9.59 Å². The smallest absolute Gasteiger partial charge is 0.323 e. The molecule has 0 saturated carbocycles. The van der Waals surface area contributed by atoms with Crippen LogP contribution in [0.25, 0.3) is 0 Å². The molecule has 9 heteroatoms. The highest BCUT2D eigenvalue weighted by atomic mass is 35.5. The molecule has 2 aromatic rings. The summed E-state index contributed by atoms with van der Waals surface area (Å²) in [5, 5.41) is 0.637. The summed E-state index contributed by atoms with van der Waals surface area (Å²) in [5.74, 6) is -0.252. The number of aromatic amines is 2. The van der Waals surface area contributed by atoms with E-state index in [0.29, 0.717) is 37.6 Å². The Labute approximate surface area is 172 Å². The number of aromatic nitrogens is 2. The number of halogens is 1. The number of benzene rings is 1. The number of methoxy groups -OCH3 is 1. The third-order valence-electron chi connectivity index (χ3n) is 5.78. The zero-order chi connectivity index (χ0) is 20.6. The van der Waals surface area contributed by atoms with E-state index in [2.05, 4.69) is 9.97 Å². The van der Waals surface area contributed by atoms with Crippen LogP contribution in [0.4, 0.5) is 0 Å². The van der Waals surface area contributed by atoms with Crippen molar-refractivity contribution in [3.05, 3.63) is 57.2 Å². The Bertz CT molecular complexity index is 961. The minimum absolute atomic E-state index is 0.0404. The van der Waals surface area contributed by atoms with Crippen LogP contribution in [-0.4, -0.2) is 71.0 Å². The Kier molecular flexibility index (Phi) is 5.23. The van der Waals surface area contributed by atoms with Crippen molar-refractivity contribution in [1.82, 2.24) is 19.8 Å². The van der Waals surface area contributed by atoms with Crippen molar-refractivity contribution >= 4 is 23.4 Å². The fraction of sp³-hybridized carbons (Fsp3) is 0.450. The number of likely N-dealkylation sites (tertiary alicyclic amines) is 2. The molecule has 2 saturated heterocycles. The summed E-state index contributed by atoms with van der Waals surface area (Å²) in [6.45, 7) is 1.82. The van der Waals surface area contributed by atoms with Crippen LogP contribution < -0.4 is 5.69 Å². The van der Waals surface area contributed by atoms with Gasteiger partial charge in [-0.05, 0) is 30.5 Å². The number of H-pyrrole nitrogens is 2. The van der Waals surface area contributed by atoms with Crippen LogP contribution in [0.15, 0.2) is 35.3 Å². The van der Waals surface area contributed by atoms with E-state index in [1.54, 1.807) is 24.1 Å². The molecule has 4 rings (SSSR count). The largest absolute Gasteiger partial charge is 0.380 e. The number of ether oxygens (including phenoxy) is 1. The molecule has 0 spiro atoms. The molecule has 2 aliphatic heterocycles. The van der Waals surface area contributed by atoms with Gasteiger partial charge in [0.15, 0.2) is 0 Å². The Morgan fingerprint density at radius 3 is 2.55 bits per heavy atom. The molecule has 1 unspecified atom stereocenters. The van der Waals surface area contributed by atoms with Crippen LogP contribution in [0, 0.1) is 5.41 Å². The highest BCUT2D eigenvalue weighted by Gasteiger charge is 2.53. The van der Waals surface area contributed by atoms with E-state index in [1.807, 2.05) is 17.0 Å². The number of nitrogens with zero attached hydrogens (tertiary/aromatic N) is 2. The lowest BCUT2D eigenvalue weighted by atomic mass is 9.73. The summed E-state index contributed by atoms with van der Waals surface area (Å²) < 4.78 is 5.40. The lowest BCUT2D eigenvalue weighted by molar-refractivity contribution is -0.150. The molecular weight excluding hydrogens is 396 g/mol. The minimum atomic E-state index is -0.692. The van der Waals surface area contributed by atoms with Gasteiger partial charge in [-0.15, -0.1) is 0 Å². The normalized spacial score (nSPS) is 20.6. The van der Waals surface area contributed by atoms with Gasteiger partial charge in [-0.1, -0.05) is 23.7 Å². The first-order valence-electron chi connectivity index (χ1n) is 9.54. The maximum absolute atomic E-state index is 13.4. The molecule has 8 nitrogen and oxygen atoms in total. The number of hydrogen-bond acceptors (Lipinski definition) is 4. The molecule has 154 valence electrons. The highest BCUT2D eigenvalue weighted by Crippen LogP contribution is 2.38. The lowest BCUT2D eigenvalue weighted by Crippen LogP contribution is -2.66. The number of carbonyl (C=O) groups is 2. The molecule has 0 bridgehead atoms. The van der Waals surface area contributed by atoms with E-state index < -0.39 is 11.1 Å². The molecule has 2 aliphatic rings. The first-order valence-corrected chi connectivity index (χ1v) is 9.91. The summed E-state index contributed by atoms with van der Waals surface area (Å²) in [4.78, 5) is 45.7. The van der Waals surface area contributed by atoms with Gasteiger partial charge in [-0.25, -0.2) is 4.79 Å². The van der Waals surface area contributed by atoms with E-state index in [4.69, 9.17) is 16.3 Å². The van der Waals surface area contributed by atoms with E-state index in [1.165, 1.54) is 6.20 Å². The van der Waals surface area contributed by atoms with Crippen molar-refractivity contribution in [1.29, 1.82) is 0 Å². The number of hydrogen-bond donors (Lipinski definition) is 2. The zero-order valence-electron chi connectivity index (χ0n) is 16.1. The number of rotatable bonds is 5. The Morgan fingerprint density at radius 2 is 1.97 bits per heavy atom. The first kappa shape index (κ1) is 19.7. The molecule has 3 heterocycles. The second-order valence-electron chi connectivity index (χ2n) is 7.80. The molecule has 29 heavy (non-hydrogen) atoms. The average molecular weight is 419 g/mol. The van der Waals surface area contributed by atoms with Crippen LogP contribution in [0.1, 0.15) is 22.5 Å². The first-order chi connectivity index (χ1) is 13.9. The average Bonchev–Trinajstić information content (AvgIpc) is 3.34. The highest BCUT2D eigenvalue weighted by molar-refractivity contribution is 6.30. The molecule has 2 amide bonds. The Balaban J connectivity index is 1.54. The van der Waals surface area contributed by atoms with Gasteiger partial charge in [0.05, 0.1) is 11.5 Å². The monoisotopic (exact) mass is 418 g/mol. The number of imidazole rings is 1. The van der Waals surface area contributed by atoms with Crippen LogP contribution in [-0.2, 0) is 16.0 Å². The van der Waals surface area contributed by atoms with Gasteiger partial charge in [0.2, 0.25) is 5.91 Å². The molecule has 0 radical (unpaired) electrons. The Morgan fingerprint density at radius 1 is 1.24 bits per heavy atom. The van der Waals surface area contributed by atoms with Crippen LogP contribution in [0.3, 0.4) is 0 Å². The fourth-order valence-corrected chi connectivity index (χ4v) is 4.33. The molecule has 1 aromatic carbocycles. The van der Waals surface area contributed by atoms with E-state index in [9.17, 15) is 14.4 Å². The Hall–Kier alpha value is -2.58. The molecule has 2 fully saturated rings. The third-order valence-corrected chi connectivity index (χ3v) is 6.03. The van der Waals surface area contributed by atoms with Crippen molar-refractivity contribution < 1.29 is 14.3 Å². The van der Waals surface area contributed by atoms with Crippen molar-refractivity contribution in [3.63, 3.8) is 0 Å².